The van der Waals surface area contributed by atoms with Gasteiger partial charge in [0.15, 0.2) is 24.1 Å². The number of hydrogen-bond donors (Lipinski definition) is 3. The quantitative estimate of drug-likeness (QED) is 0.233. The van der Waals surface area contributed by atoms with Gasteiger partial charge in [0.25, 0.3) is 5.91 Å². The maximum Gasteiger partial charge on any atom is 0.258 e. The summed E-state index contributed by atoms with van der Waals surface area (Å²) in [6.45, 7) is 4.45. The minimum atomic E-state index is -0.0586. The third-order valence-electron chi connectivity index (χ3n) is 5.14. The van der Waals surface area contributed by atoms with Crippen LogP contribution in [0.2, 0.25) is 0 Å². The number of rotatable bonds is 10. The Balaban J connectivity index is 0.00000306. The highest BCUT2D eigenvalue weighted by atomic mass is 127. The zero-order chi connectivity index (χ0) is 22.2. The van der Waals surface area contributed by atoms with Gasteiger partial charge in [-0.3, -0.25) is 4.79 Å². The Morgan fingerprint density at radius 2 is 1.82 bits per heavy atom. The highest BCUT2D eigenvalue weighted by Gasteiger charge is 2.23. The molecule has 2 aliphatic rings. The predicted octanol–water partition coefficient (Wildman–Crippen LogP) is 2.99. The van der Waals surface area contributed by atoms with Crippen molar-refractivity contribution in [2.75, 3.05) is 26.5 Å². The molecule has 3 N–H and O–H groups in total. The summed E-state index contributed by atoms with van der Waals surface area (Å²) in [7, 11) is 0. The van der Waals surface area contributed by atoms with E-state index in [0.717, 1.165) is 55.4 Å². The van der Waals surface area contributed by atoms with Gasteiger partial charge in [-0.25, -0.2) is 4.99 Å². The molecule has 8 nitrogen and oxygen atoms in total. The van der Waals surface area contributed by atoms with E-state index in [1.807, 2.05) is 49.4 Å². The third kappa shape index (κ3) is 7.99. The first-order valence-electron chi connectivity index (χ1n) is 11.1. The first-order valence-corrected chi connectivity index (χ1v) is 11.1. The van der Waals surface area contributed by atoms with Gasteiger partial charge in [-0.1, -0.05) is 18.2 Å². The lowest BCUT2D eigenvalue weighted by Gasteiger charge is -2.12. The Morgan fingerprint density at radius 3 is 2.58 bits per heavy atom. The van der Waals surface area contributed by atoms with Crippen molar-refractivity contribution < 1.29 is 19.0 Å². The summed E-state index contributed by atoms with van der Waals surface area (Å²) in [6.07, 6.45) is 3.00. The number of benzene rings is 2. The van der Waals surface area contributed by atoms with Crippen molar-refractivity contribution in [1.29, 1.82) is 0 Å². The summed E-state index contributed by atoms with van der Waals surface area (Å²) in [5.74, 6) is 2.96. The van der Waals surface area contributed by atoms with Gasteiger partial charge in [-0.2, -0.15) is 0 Å². The number of carbonyl (C=O) groups excluding carboxylic acids is 1. The Kier molecular flexibility index (Phi) is 9.47. The Bertz CT molecular complexity index is 948. The summed E-state index contributed by atoms with van der Waals surface area (Å²) in [4.78, 5) is 16.4. The van der Waals surface area contributed by atoms with Crippen LogP contribution in [0.5, 0.6) is 17.2 Å². The summed E-state index contributed by atoms with van der Waals surface area (Å²) in [5, 5.41) is 9.55. The normalized spacial score (nSPS) is 14.3. The van der Waals surface area contributed by atoms with Crippen molar-refractivity contribution in [3.8, 4) is 17.2 Å². The van der Waals surface area contributed by atoms with Crippen LogP contribution in [0.25, 0.3) is 0 Å². The standard InChI is InChI=1S/C24H30N4O4.HI/c1-2-25-24(27-14-18-5-10-21-22(13-18)32-16-31-21)26-12-11-17-3-8-20(9-4-17)30-15-23(29)28-19-6-7-19;/h3-5,8-10,13,19H,2,6-7,11-12,14-16H2,1H3,(H,28,29)(H2,25,26,27);1H. The van der Waals surface area contributed by atoms with Crippen molar-refractivity contribution in [3.63, 3.8) is 0 Å². The molecule has 1 heterocycles. The molecule has 1 saturated carbocycles. The molecule has 2 aromatic carbocycles. The second-order valence-corrected chi connectivity index (χ2v) is 7.83. The minimum absolute atomic E-state index is 0. The zero-order valence-electron chi connectivity index (χ0n) is 18.8. The van der Waals surface area contributed by atoms with Gasteiger partial charge in [-0.05, 0) is 61.6 Å². The number of guanidine groups is 1. The smallest absolute Gasteiger partial charge is 0.258 e. The molecule has 2 aromatic rings. The molecule has 0 radical (unpaired) electrons. The number of halogens is 1. The average molecular weight is 566 g/mol. The van der Waals surface area contributed by atoms with Crippen LogP contribution >= 0.6 is 24.0 Å². The zero-order valence-corrected chi connectivity index (χ0v) is 21.1. The van der Waals surface area contributed by atoms with Crippen molar-refractivity contribution in [2.45, 2.75) is 38.8 Å². The number of amides is 1. The average Bonchev–Trinajstić information content (AvgIpc) is 3.49. The Labute approximate surface area is 211 Å². The molecule has 0 aromatic heterocycles. The van der Waals surface area contributed by atoms with Crippen molar-refractivity contribution in [1.82, 2.24) is 16.0 Å². The lowest BCUT2D eigenvalue weighted by molar-refractivity contribution is -0.123. The number of nitrogens with one attached hydrogen (secondary N) is 3. The maximum atomic E-state index is 11.7. The van der Waals surface area contributed by atoms with Gasteiger partial charge >= 0.3 is 0 Å². The molecule has 0 saturated heterocycles. The second-order valence-electron chi connectivity index (χ2n) is 7.83. The van der Waals surface area contributed by atoms with E-state index in [1.165, 1.54) is 5.56 Å². The third-order valence-corrected chi connectivity index (χ3v) is 5.14. The van der Waals surface area contributed by atoms with Gasteiger partial charge in [-0.15, -0.1) is 24.0 Å². The maximum absolute atomic E-state index is 11.7. The van der Waals surface area contributed by atoms with Crippen LogP contribution in [0, 0.1) is 0 Å². The minimum Gasteiger partial charge on any atom is -0.484 e. The first kappa shape index (κ1) is 24.9. The molecular formula is C24H31IN4O4. The Morgan fingerprint density at radius 1 is 1.06 bits per heavy atom. The fourth-order valence-electron chi connectivity index (χ4n) is 3.27. The predicted molar refractivity (Wildman–Crippen MR) is 138 cm³/mol. The molecule has 0 atom stereocenters. The number of ether oxygens (including phenoxy) is 3. The van der Waals surface area contributed by atoms with Crippen LogP contribution < -0.4 is 30.2 Å². The number of hydrogen-bond acceptors (Lipinski definition) is 5. The van der Waals surface area contributed by atoms with Crippen LogP contribution in [0.15, 0.2) is 47.5 Å². The van der Waals surface area contributed by atoms with Crippen LogP contribution in [0.3, 0.4) is 0 Å². The van der Waals surface area contributed by atoms with E-state index in [-0.39, 0.29) is 43.3 Å². The lowest BCUT2D eigenvalue weighted by atomic mass is 10.1. The molecule has 1 amide bonds. The molecule has 0 spiro atoms. The summed E-state index contributed by atoms with van der Waals surface area (Å²) >= 11 is 0. The molecule has 1 fully saturated rings. The van der Waals surface area contributed by atoms with E-state index < -0.39 is 0 Å². The molecule has 0 unspecified atom stereocenters. The molecule has 9 heteroatoms. The summed E-state index contributed by atoms with van der Waals surface area (Å²) in [6, 6.07) is 14.1. The van der Waals surface area contributed by atoms with E-state index in [1.54, 1.807) is 0 Å². The topological polar surface area (TPSA) is 93.2 Å². The molecule has 0 bridgehead atoms. The molecule has 4 rings (SSSR count). The lowest BCUT2D eigenvalue weighted by Crippen LogP contribution is -2.38. The number of fused-ring (bicyclic) bond motifs is 1. The fourth-order valence-corrected chi connectivity index (χ4v) is 3.27. The van der Waals surface area contributed by atoms with E-state index in [0.29, 0.717) is 18.3 Å². The van der Waals surface area contributed by atoms with Crippen LogP contribution in [-0.4, -0.2) is 44.4 Å². The van der Waals surface area contributed by atoms with Crippen LogP contribution in [-0.2, 0) is 17.8 Å². The van der Waals surface area contributed by atoms with Gasteiger partial charge in [0, 0.05) is 19.1 Å². The van der Waals surface area contributed by atoms with Gasteiger partial charge < -0.3 is 30.2 Å². The van der Waals surface area contributed by atoms with Gasteiger partial charge in [0.1, 0.15) is 5.75 Å². The highest BCUT2D eigenvalue weighted by molar-refractivity contribution is 14.0. The monoisotopic (exact) mass is 566 g/mol. The van der Waals surface area contributed by atoms with Crippen LogP contribution in [0.4, 0.5) is 0 Å². The van der Waals surface area contributed by atoms with E-state index >= 15 is 0 Å². The molecule has 1 aliphatic carbocycles. The number of nitrogens with zero attached hydrogens (tertiary/aromatic N) is 1. The molecule has 33 heavy (non-hydrogen) atoms. The van der Waals surface area contributed by atoms with Crippen molar-refractivity contribution in [3.05, 3.63) is 53.6 Å². The SMILES string of the molecule is CCNC(=NCc1ccc2c(c1)OCO2)NCCc1ccc(OCC(=O)NC2CC2)cc1.I. The Hall–Kier alpha value is -2.69. The van der Waals surface area contributed by atoms with E-state index in [9.17, 15) is 4.79 Å². The van der Waals surface area contributed by atoms with Gasteiger partial charge in [0.2, 0.25) is 6.79 Å². The van der Waals surface area contributed by atoms with Crippen LogP contribution in [0.1, 0.15) is 30.9 Å². The highest BCUT2D eigenvalue weighted by Crippen LogP contribution is 2.32. The second kappa shape index (κ2) is 12.5. The molecular weight excluding hydrogens is 535 g/mol. The molecule has 178 valence electrons. The number of aliphatic imine (C=N–C) groups is 1. The summed E-state index contributed by atoms with van der Waals surface area (Å²) < 4.78 is 16.3. The van der Waals surface area contributed by atoms with Crippen molar-refractivity contribution >= 4 is 35.8 Å². The number of carbonyl (C=O) groups is 1. The molecule has 1 aliphatic heterocycles. The summed E-state index contributed by atoms with van der Waals surface area (Å²) in [5.41, 5.74) is 2.24. The first-order chi connectivity index (χ1) is 15.7. The van der Waals surface area contributed by atoms with E-state index in [4.69, 9.17) is 14.2 Å². The van der Waals surface area contributed by atoms with E-state index in [2.05, 4.69) is 20.9 Å². The largest absolute Gasteiger partial charge is 0.484 e. The van der Waals surface area contributed by atoms with Crippen molar-refractivity contribution in [2.24, 2.45) is 4.99 Å². The van der Waals surface area contributed by atoms with Gasteiger partial charge in [0.05, 0.1) is 6.54 Å². The fraction of sp³-hybridized carbons (Fsp3) is 0.417.